The van der Waals surface area contributed by atoms with E-state index in [0.29, 0.717) is 23.2 Å². The average molecular weight is 291 g/mol. The zero-order chi connectivity index (χ0) is 19.4. The molecule has 1 aliphatic rings. The van der Waals surface area contributed by atoms with Gasteiger partial charge in [0.1, 0.15) is 0 Å². The zero-order valence-corrected chi connectivity index (χ0v) is 12.4. The van der Waals surface area contributed by atoms with Crippen LogP contribution in [0.3, 0.4) is 0 Å². The third-order valence-electron chi connectivity index (χ3n) is 4.29. The van der Waals surface area contributed by atoms with Crippen molar-refractivity contribution in [1.82, 2.24) is 0 Å². The number of hydrogen-bond acceptors (Lipinski definition) is 0. The maximum absolute atomic E-state index is 8.51. The van der Waals surface area contributed by atoms with Gasteiger partial charge in [-0.2, -0.15) is 4.57 Å². The fourth-order valence-electron chi connectivity index (χ4n) is 3.28. The Morgan fingerprint density at radius 2 is 1.77 bits per heavy atom. The van der Waals surface area contributed by atoms with Crippen LogP contribution in [0.1, 0.15) is 30.5 Å². The highest BCUT2D eigenvalue weighted by Crippen LogP contribution is 2.35. The van der Waals surface area contributed by atoms with Crippen molar-refractivity contribution in [3.63, 3.8) is 0 Å². The van der Waals surface area contributed by atoms with Gasteiger partial charge in [0.05, 0.1) is 5.56 Å². The largest absolute Gasteiger partial charge is 0.217 e. The Morgan fingerprint density at radius 3 is 2.59 bits per heavy atom. The van der Waals surface area contributed by atoms with Crippen molar-refractivity contribution >= 4 is 0 Å². The normalized spacial score (nSPS) is 16.7. The third-order valence-corrected chi connectivity index (χ3v) is 4.29. The summed E-state index contributed by atoms with van der Waals surface area (Å²) in [4.78, 5) is 0. The fourth-order valence-corrected chi connectivity index (χ4v) is 3.28. The van der Waals surface area contributed by atoms with Gasteiger partial charge in [-0.3, -0.25) is 0 Å². The lowest BCUT2D eigenvalue weighted by atomic mass is 9.92. The van der Waals surface area contributed by atoms with Crippen molar-refractivity contribution in [2.24, 2.45) is 0 Å². The highest BCUT2D eigenvalue weighted by molar-refractivity contribution is 5.78. The van der Waals surface area contributed by atoms with Crippen molar-refractivity contribution in [3.8, 4) is 22.4 Å². The molecule has 0 unspecified atom stereocenters. The first-order chi connectivity index (χ1) is 12.7. The summed E-state index contributed by atoms with van der Waals surface area (Å²) in [6.45, 7) is -0.0419. The third kappa shape index (κ3) is 1.89. The van der Waals surface area contributed by atoms with Gasteiger partial charge in [-0.15, -0.1) is 0 Å². The molecule has 1 aliphatic heterocycles. The lowest BCUT2D eigenvalue weighted by Gasteiger charge is -2.11. The molecule has 0 bridgehead atoms. The molecule has 0 radical (unpaired) electrons. The average Bonchev–Trinajstić information content (AvgIpc) is 2.98. The summed E-state index contributed by atoms with van der Waals surface area (Å²) in [5, 5.41) is 0. The number of aromatic nitrogens is 1. The van der Waals surface area contributed by atoms with Crippen molar-refractivity contribution in [2.75, 3.05) is 0 Å². The minimum absolute atomic E-state index is 0.242. The van der Waals surface area contributed by atoms with Crippen molar-refractivity contribution in [3.05, 3.63) is 77.5 Å². The maximum Gasteiger partial charge on any atom is 0.217 e. The predicted molar refractivity (Wildman–Crippen MR) is 90.7 cm³/mol. The number of fused-ring (bicyclic) bond motifs is 3. The molecule has 1 nitrogen and oxygen atoms in total. The SMILES string of the molecule is [2H]C([2H])([2H])c1ccccc1-c1cc[n+]2c(c1C([2H])([2H])C)-c1ccccc1C2. The first kappa shape index (κ1) is 8.89. The van der Waals surface area contributed by atoms with E-state index in [9.17, 15) is 0 Å². The Hall–Kier alpha value is -2.41. The zero-order valence-electron chi connectivity index (χ0n) is 17.4. The second-order valence-corrected chi connectivity index (χ2v) is 5.53. The van der Waals surface area contributed by atoms with E-state index in [0.717, 1.165) is 16.8 Å². The number of hydrogen-bond donors (Lipinski definition) is 0. The lowest BCUT2D eigenvalue weighted by molar-refractivity contribution is -0.672. The van der Waals surface area contributed by atoms with Crippen LogP contribution in [0.15, 0.2) is 60.8 Å². The molecular weight excluding hydrogens is 266 g/mol. The van der Waals surface area contributed by atoms with Crippen LogP contribution in [-0.2, 0) is 12.9 Å². The molecule has 22 heavy (non-hydrogen) atoms. The lowest BCUT2D eigenvalue weighted by Crippen LogP contribution is -2.33. The molecule has 0 N–H and O–H groups in total. The van der Waals surface area contributed by atoms with Crippen molar-refractivity contribution in [1.29, 1.82) is 0 Å². The molecule has 0 spiro atoms. The van der Waals surface area contributed by atoms with E-state index >= 15 is 0 Å². The number of pyridine rings is 1. The van der Waals surface area contributed by atoms with Crippen LogP contribution in [0.25, 0.3) is 22.4 Å². The van der Waals surface area contributed by atoms with Crippen LogP contribution in [0.5, 0.6) is 0 Å². The van der Waals surface area contributed by atoms with Gasteiger partial charge >= 0.3 is 0 Å². The van der Waals surface area contributed by atoms with Crippen LogP contribution in [0.4, 0.5) is 0 Å². The second-order valence-electron chi connectivity index (χ2n) is 5.53. The highest BCUT2D eigenvalue weighted by atomic mass is 15.0. The van der Waals surface area contributed by atoms with E-state index in [4.69, 9.17) is 6.85 Å². The summed E-state index contributed by atoms with van der Waals surface area (Å²) in [6.07, 6.45) is 0.295. The summed E-state index contributed by atoms with van der Waals surface area (Å²) in [6, 6.07) is 16.7. The monoisotopic (exact) mass is 291 g/mol. The summed E-state index contributed by atoms with van der Waals surface area (Å²) in [5.41, 5.74) is 4.95. The second kappa shape index (κ2) is 5.10. The molecule has 1 heteroatoms. The molecule has 4 rings (SSSR count). The fraction of sp³-hybridized carbons (Fsp3) is 0.190. The number of benzene rings is 2. The van der Waals surface area contributed by atoms with Gasteiger partial charge in [-0.1, -0.05) is 49.4 Å². The Bertz CT molecular complexity index is 1030. The number of nitrogens with zero attached hydrogens (tertiary/aromatic N) is 1. The first-order valence-electron chi connectivity index (χ1n) is 9.93. The van der Waals surface area contributed by atoms with Crippen LogP contribution in [-0.4, -0.2) is 0 Å². The molecule has 1 aromatic heterocycles. The molecule has 2 aromatic carbocycles. The van der Waals surface area contributed by atoms with Gasteiger partial charge in [-0.25, -0.2) is 0 Å². The summed E-state index contributed by atoms with van der Waals surface area (Å²) in [5.74, 6) is 0. The van der Waals surface area contributed by atoms with Crippen LogP contribution in [0.2, 0.25) is 0 Å². The predicted octanol–water partition coefficient (Wildman–Crippen LogP) is 4.54. The summed E-state index contributed by atoms with van der Waals surface area (Å²) in [7, 11) is 0. The molecule has 0 saturated carbocycles. The van der Waals surface area contributed by atoms with E-state index in [1.54, 1.807) is 24.3 Å². The number of aryl methyl sites for hydroxylation is 1. The molecule has 0 aliphatic carbocycles. The van der Waals surface area contributed by atoms with Crippen LogP contribution >= 0.6 is 0 Å². The molecular formula is C21H20N+. The topological polar surface area (TPSA) is 3.88 Å². The number of rotatable bonds is 2. The first-order valence-corrected chi connectivity index (χ1v) is 7.43. The van der Waals surface area contributed by atoms with E-state index in [1.165, 1.54) is 6.92 Å². The van der Waals surface area contributed by atoms with Crippen LogP contribution in [0, 0.1) is 6.85 Å². The minimum atomic E-state index is -2.27. The minimum Gasteiger partial charge on any atom is -0.194 e. The van der Waals surface area contributed by atoms with E-state index < -0.39 is 13.2 Å². The Kier molecular flexibility index (Phi) is 2.06. The van der Waals surface area contributed by atoms with Gasteiger partial charge in [0.25, 0.3) is 0 Å². The summed E-state index contributed by atoms with van der Waals surface area (Å²) >= 11 is 0. The quantitative estimate of drug-likeness (QED) is 0.477. The van der Waals surface area contributed by atoms with Gasteiger partial charge in [0, 0.05) is 24.0 Å². The van der Waals surface area contributed by atoms with Crippen LogP contribution < -0.4 is 4.57 Å². The molecule has 2 heterocycles. The van der Waals surface area contributed by atoms with Crippen molar-refractivity contribution < 1.29 is 11.4 Å². The molecule has 108 valence electrons. The standard InChI is InChI=1S/C21H20N/c1-3-17-20(18-10-6-4-8-15(18)2)12-13-22-14-16-9-5-7-11-19(16)21(17)22/h4-13H,3,14H2,1-2H3/q+1/i2D3,3D2. The smallest absolute Gasteiger partial charge is 0.194 e. The van der Waals surface area contributed by atoms with Gasteiger partial charge in [-0.05, 0) is 36.0 Å². The molecule has 3 aromatic rings. The van der Waals surface area contributed by atoms with Gasteiger partial charge in [0.2, 0.25) is 5.69 Å². The Morgan fingerprint density at radius 1 is 1.00 bits per heavy atom. The Labute approximate surface area is 138 Å². The van der Waals surface area contributed by atoms with E-state index in [1.807, 2.05) is 41.1 Å². The van der Waals surface area contributed by atoms with Gasteiger partial charge in [0.15, 0.2) is 12.7 Å². The molecule has 0 saturated heterocycles. The van der Waals surface area contributed by atoms with Gasteiger partial charge < -0.3 is 0 Å². The summed E-state index contributed by atoms with van der Waals surface area (Å²) < 4.78 is 42.8. The Balaban J connectivity index is 2.07. The van der Waals surface area contributed by atoms with Crippen molar-refractivity contribution in [2.45, 2.75) is 26.7 Å². The maximum atomic E-state index is 8.51. The molecule has 0 amide bonds. The highest BCUT2D eigenvalue weighted by Gasteiger charge is 2.30. The van der Waals surface area contributed by atoms with E-state index in [2.05, 4.69) is 0 Å². The van der Waals surface area contributed by atoms with E-state index in [-0.39, 0.29) is 5.56 Å². The molecule has 0 atom stereocenters. The molecule has 0 fully saturated rings.